The maximum absolute atomic E-state index is 12.6. The largest absolute Gasteiger partial charge is 0.573 e. The Bertz CT molecular complexity index is 468. The number of alkyl halides is 5. The van der Waals surface area contributed by atoms with E-state index in [1.165, 1.54) is 28.7 Å². The summed E-state index contributed by atoms with van der Waals surface area (Å²) in [5, 5.41) is 8.61. The van der Waals surface area contributed by atoms with Gasteiger partial charge in [0.1, 0.15) is 15.3 Å². The number of aromatic nitrogens is 1. The zero-order chi connectivity index (χ0) is 13.2. The zero-order valence-corrected chi connectivity index (χ0v) is 9.88. The predicted octanol–water partition coefficient (Wildman–Crippen LogP) is 3.39. The number of hydrogen-bond acceptors (Lipinski definition) is 3. The van der Waals surface area contributed by atoms with E-state index in [0.29, 0.717) is 6.20 Å². The molecule has 0 atom stereocenters. The van der Waals surface area contributed by atoms with Crippen molar-refractivity contribution in [3.8, 4) is 11.8 Å². The van der Waals surface area contributed by atoms with Crippen molar-refractivity contribution in [2.24, 2.45) is 0 Å². The summed E-state index contributed by atoms with van der Waals surface area (Å²) in [5.41, 5.74) is -1.73. The van der Waals surface area contributed by atoms with Crippen LogP contribution in [0.15, 0.2) is 6.20 Å². The van der Waals surface area contributed by atoms with Gasteiger partial charge in [0, 0.05) is 0 Å². The molecule has 0 aliphatic carbocycles. The molecule has 0 amide bonds. The van der Waals surface area contributed by atoms with Gasteiger partial charge in [0.25, 0.3) is 6.43 Å². The number of rotatable bonds is 2. The van der Waals surface area contributed by atoms with Crippen molar-refractivity contribution in [2.45, 2.75) is 12.8 Å². The van der Waals surface area contributed by atoms with E-state index >= 15 is 0 Å². The first kappa shape index (κ1) is 13.9. The smallest absolute Gasteiger partial charge is 0.403 e. The summed E-state index contributed by atoms with van der Waals surface area (Å²) in [4.78, 5) is 3.32. The predicted molar refractivity (Wildman–Crippen MR) is 53.3 cm³/mol. The lowest BCUT2D eigenvalue weighted by atomic mass is 10.1. The lowest BCUT2D eigenvalue weighted by Gasteiger charge is -2.12. The zero-order valence-electron chi connectivity index (χ0n) is 7.73. The summed E-state index contributed by atoms with van der Waals surface area (Å²) < 4.78 is 64.1. The topological polar surface area (TPSA) is 45.9 Å². The fourth-order valence-corrected chi connectivity index (χ4v) is 1.65. The molecule has 0 N–H and O–H groups in total. The summed E-state index contributed by atoms with van der Waals surface area (Å²) in [6.07, 6.45) is -7.60. The molecule has 0 aromatic carbocycles. The second-order valence-corrected chi connectivity index (χ2v) is 3.68. The van der Waals surface area contributed by atoms with Crippen LogP contribution in [-0.4, -0.2) is 11.3 Å². The Hall–Kier alpha value is -1.18. The lowest BCUT2D eigenvalue weighted by molar-refractivity contribution is -0.274. The summed E-state index contributed by atoms with van der Waals surface area (Å²) in [7, 11) is 0. The maximum atomic E-state index is 12.6. The van der Waals surface area contributed by atoms with Gasteiger partial charge >= 0.3 is 6.36 Å². The highest BCUT2D eigenvalue weighted by Crippen LogP contribution is 2.34. The Morgan fingerprint density at radius 2 is 2.00 bits per heavy atom. The van der Waals surface area contributed by atoms with Gasteiger partial charge in [-0.3, -0.25) is 0 Å². The molecule has 1 rings (SSSR count). The Balaban J connectivity index is 3.35. The Morgan fingerprint density at radius 3 is 2.41 bits per heavy atom. The summed E-state index contributed by atoms with van der Waals surface area (Å²) in [5.74, 6) is -1.03. The molecule has 0 spiro atoms. The normalized spacial score (nSPS) is 11.4. The molecule has 1 heterocycles. The monoisotopic (exact) mass is 364 g/mol. The van der Waals surface area contributed by atoms with Crippen molar-refractivity contribution < 1.29 is 26.7 Å². The first-order valence-corrected chi connectivity index (χ1v) is 4.96. The fourth-order valence-electron chi connectivity index (χ4n) is 1.00. The Labute approximate surface area is 105 Å². The third-order valence-corrected chi connectivity index (χ3v) is 2.45. The molecule has 0 saturated heterocycles. The van der Waals surface area contributed by atoms with Crippen molar-refractivity contribution in [3.63, 3.8) is 0 Å². The van der Waals surface area contributed by atoms with Gasteiger partial charge in [-0.05, 0) is 22.6 Å². The summed E-state index contributed by atoms with van der Waals surface area (Å²) in [6.45, 7) is 0. The van der Waals surface area contributed by atoms with Gasteiger partial charge in [0.15, 0.2) is 5.75 Å². The number of nitrogens with zero attached hydrogens (tertiary/aromatic N) is 2. The highest BCUT2D eigenvalue weighted by molar-refractivity contribution is 14.1. The summed E-state index contributed by atoms with van der Waals surface area (Å²) >= 11 is 1.40. The molecule has 92 valence electrons. The quantitative estimate of drug-likeness (QED) is 0.459. The van der Waals surface area contributed by atoms with Crippen molar-refractivity contribution in [1.82, 2.24) is 4.98 Å². The van der Waals surface area contributed by atoms with Gasteiger partial charge < -0.3 is 4.74 Å². The van der Waals surface area contributed by atoms with E-state index in [-0.39, 0.29) is 3.70 Å². The van der Waals surface area contributed by atoms with Crippen LogP contribution in [0, 0.1) is 15.0 Å². The molecule has 0 aliphatic rings. The van der Waals surface area contributed by atoms with E-state index in [4.69, 9.17) is 5.26 Å². The molecule has 0 aliphatic heterocycles. The van der Waals surface area contributed by atoms with Gasteiger partial charge in [-0.1, -0.05) is 0 Å². The molecular formula is C8H2F5IN2O. The van der Waals surface area contributed by atoms with Gasteiger partial charge in [-0.25, -0.2) is 13.8 Å². The van der Waals surface area contributed by atoms with Gasteiger partial charge in [-0.15, -0.1) is 13.2 Å². The molecule has 0 bridgehead atoms. The molecular weight excluding hydrogens is 362 g/mol. The second-order valence-electron chi connectivity index (χ2n) is 2.66. The van der Waals surface area contributed by atoms with Crippen molar-refractivity contribution in [2.75, 3.05) is 0 Å². The van der Waals surface area contributed by atoms with E-state index in [0.717, 1.165) is 0 Å². The molecule has 0 fully saturated rings. The number of nitriles is 1. The minimum atomic E-state index is -5.07. The maximum Gasteiger partial charge on any atom is 0.573 e. The minimum absolute atomic E-state index is 0.247. The van der Waals surface area contributed by atoms with E-state index in [1.807, 2.05) is 0 Å². The number of ether oxygens (including phenoxy) is 1. The standard InChI is InChI=1S/C8H2F5IN2O/c9-6(10)5-3(1-15)4(2-16-7(5)14)17-8(11,12)13/h2,6H. The first-order valence-electron chi connectivity index (χ1n) is 3.88. The van der Waals surface area contributed by atoms with E-state index in [9.17, 15) is 22.0 Å². The molecule has 0 saturated carbocycles. The lowest BCUT2D eigenvalue weighted by Crippen LogP contribution is -2.18. The van der Waals surface area contributed by atoms with Crippen LogP contribution in [0.4, 0.5) is 22.0 Å². The van der Waals surface area contributed by atoms with Crippen molar-refractivity contribution >= 4 is 22.6 Å². The van der Waals surface area contributed by atoms with Crippen LogP contribution < -0.4 is 4.74 Å². The number of pyridine rings is 1. The highest BCUT2D eigenvalue weighted by Gasteiger charge is 2.34. The minimum Gasteiger partial charge on any atom is -0.403 e. The van der Waals surface area contributed by atoms with Crippen LogP contribution >= 0.6 is 22.6 Å². The summed E-state index contributed by atoms with van der Waals surface area (Å²) in [6, 6.07) is 1.26. The van der Waals surface area contributed by atoms with Crippen LogP contribution in [0.25, 0.3) is 0 Å². The SMILES string of the molecule is N#Cc1c(OC(F)(F)F)cnc(I)c1C(F)F. The van der Waals surface area contributed by atoms with Crippen molar-refractivity contribution in [3.05, 3.63) is 21.0 Å². The third-order valence-electron chi connectivity index (χ3n) is 1.59. The van der Waals surface area contributed by atoms with Gasteiger partial charge in [0.2, 0.25) is 0 Å². The van der Waals surface area contributed by atoms with Crippen LogP contribution in [0.5, 0.6) is 5.75 Å². The molecule has 1 aromatic rings. The molecule has 0 radical (unpaired) electrons. The molecule has 9 heteroatoms. The number of hydrogen-bond donors (Lipinski definition) is 0. The van der Waals surface area contributed by atoms with Crippen LogP contribution in [0.3, 0.4) is 0 Å². The van der Waals surface area contributed by atoms with Crippen LogP contribution in [0.1, 0.15) is 17.6 Å². The molecule has 17 heavy (non-hydrogen) atoms. The van der Waals surface area contributed by atoms with Crippen molar-refractivity contribution in [1.29, 1.82) is 5.26 Å². The van der Waals surface area contributed by atoms with Crippen LogP contribution in [-0.2, 0) is 0 Å². The highest BCUT2D eigenvalue weighted by atomic mass is 127. The van der Waals surface area contributed by atoms with Crippen LogP contribution in [0.2, 0.25) is 0 Å². The Kier molecular flexibility index (Phi) is 4.07. The van der Waals surface area contributed by atoms with E-state index in [2.05, 4.69) is 9.72 Å². The molecule has 3 nitrogen and oxygen atoms in total. The van der Waals surface area contributed by atoms with E-state index in [1.54, 1.807) is 0 Å². The Morgan fingerprint density at radius 1 is 1.41 bits per heavy atom. The average Bonchev–Trinajstić information content (AvgIpc) is 2.17. The van der Waals surface area contributed by atoms with Gasteiger partial charge in [0.05, 0.1) is 11.8 Å². The van der Waals surface area contributed by atoms with E-state index < -0.39 is 29.7 Å². The first-order chi connectivity index (χ1) is 7.76. The third kappa shape index (κ3) is 3.39. The fraction of sp³-hybridized carbons (Fsp3) is 0.250. The molecule has 1 aromatic heterocycles. The number of halogens is 6. The van der Waals surface area contributed by atoms with Gasteiger partial charge in [-0.2, -0.15) is 5.26 Å². The molecule has 0 unspecified atom stereocenters. The second kappa shape index (κ2) is 4.99. The average molecular weight is 364 g/mol.